The zero-order valence-corrected chi connectivity index (χ0v) is 9.50. The molecule has 0 aliphatic rings. The first-order valence-electron chi connectivity index (χ1n) is 4.49. The molecule has 0 aliphatic carbocycles. The van der Waals surface area contributed by atoms with Crippen molar-refractivity contribution in [2.45, 2.75) is 31.0 Å². The zero-order chi connectivity index (χ0) is 11.5. The number of aliphatic carboxylic acids is 1. The van der Waals surface area contributed by atoms with Crippen molar-refractivity contribution in [1.29, 1.82) is 0 Å². The quantitative estimate of drug-likeness (QED) is 0.740. The third-order valence-corrected chi connectivity index (χ3v) is 2.78. The highest BCUT2D eigenvalue weighted by molar-refractivity contribution is 7.99. The van der Waals surface area contributed by atoms with Gasteiger partial charge in [-0.1, -0.05) is 11.8 Å². The Morgan fingerprint density at radius 1 is 1.80 bits per heavy atom. The van der Waals surface area contributed by atoms with Crippen LogP contribution >= 0.6 is 11.8 Å². The normalized spacial score (nSPS) is 14.9. The molecule has 0 aromatic carbocycles. The predicted molar refractivity (Wildman–Crippen MR) is 56.8 cm³/mol. The van der Waals surface area contributed by atoms with E-state index in [1.807, 2.05) is 6.92 Å². The summed E-state index contributed by atoms with van der Waals surface area (Å²) in [6.45, 7) is 3.33. The molecule has 0 aliphatic heterocycles. The molecule has 84 valence electrons. The maximum Gasteiger partial charge on any atom is 0.323 e. The second-order valence-corrected chi connectivity index (χ2v) is 4.62. The maximum atomic E-state index is 10.7. The van der Waals surface area contributed by atoms with Crippen molar-refractivity contribution >= 4 is 17.7 Å². The summed E-state index contributed by atoms with van der Waals surface area (Å²) >= 11 is 1.36. The van der Waals surface area contributed by atoms with Crippen molar-refractivity contribution in [3.8, 4) is 0 Å². The third kappa shape index (κ3) is 3.56. The van der Waals surface area contributed by atoms with Crippen molar-refractivity contribution < 1.29 is 14.3 Å². The highest BCUT2D eigenvalue weighted by Gasteiger charge is 2.27. The Labute approximate surface area is 92.1 Å². The Morgan fingerprint density at radius 3 is 2.93 bits per heavy atom. The molecule has 1 heterocycles. The van der Waals surface area contributed by atoms with E-state index in [0.29, 0.717) is 17.4 Å². The fourth-order valence-corrected chi connectivity index (χ4v) is 1.88. The lowest BCUT2D eigenvalue weighted by Gasteiger charge is -2.17. The van der Waals surface area contributed by atoms with Gasteiger partial charge in [0, 0.05) is 5.75 Å². The number of nitrogens with two attached hydrogens (primary N) is 1. The fraction of sp³-hybridized carbons (Fsp3) is 0.556. The molecular formula is C9H14N2O3S. The molecule has 15 heavy (non-hydrogen) atoms. The molecule has 0 fully saturated rings. The van der Waals surface area contributed by atoms with E-state index in [9.17, 15) is 4.79 Å². The van der Waals surface area contributed by atoms with Gasteiger partial charge in [0.25, 0.3) is 5.22 Å². The van der Waals surface area contributed by atoms with E-state index >= 15 is 0 Å². The number of carboxylic acids is 1. The van der Waals surface area contributed by atoms with Gasteiger partial charge in [0.1, 0.15) is 11.8 Å². The number of aryl methyl sites for hydroxylation is 1. The highest BCUT2D eigenvalue weighted by Crippen LogP contribution is 2.20. The Hall–Kier alpha value is -1.01. The molecule has 0 amide bonds. The molecule has 3 N–H and O–H groups in total. The van der Waals surface area contributed by atoms with Gasteiger partial charge in [-0.2, -0.15) is 0 Å². The maximum absolute atomic E-state index is 10.7. The van der Waals surface area contributed by atoms with Crippen LogP contribution in [0.2, 0.25) is 0 Å². The van der Waals surface area contributed by atoms with Gasteiger partial charge in [-0.05, 0) is 20.3 Å². The Balaban J connectivity index is 2.36. The molecule has 1 atom stereocenters. The molecule has 0 saturated carbocycles. The smallest absolute Gasteiger partial charge is 0.323 e. The van der Waals surface area contributed by atoms with Crippen LogP contribution in [0.25, 0.3) is 0 Å². The molecule has 0 bridgehead atoms. The van der Waals surface area contributed by atoms with Crippen LogP contribution in [-0.2, 0) is 4.79 Å². The second kappa shape index (κ2) is 4.67. The molecule has 5 nitrogen and oxygen atoms in total. The van der Waals surface area contributed by atoms with Crippen molar-refractivity contribution in [2.75, 3.05) is 5.75 Å². The second-order valence-electron chi connectivity index (χ2n) is 3.58. The van der Waals surface area contributed by atoms with E-state index in [4.69, 9.17) is 15.3 Å². The summed E-state index contributed by atoms with van der Waals surface area (Å²) in [4.78, 5) is 14.8. The van der Waals surface area contributed by atoms with E-state index in [1.54, 1.807) is 6.26 Å². The largest absolute Gasteiger partial charge is 0.480 e. The van der Waals surface area contributed by atoms with Crippen LogP contribution in [0.3, 0.4) is 0 Å². The van der Waals surface area contributed by atoms with E-state index in [1.165, 1.54) is 18.7 Å². The molecule has 1 rings (SSSR count). The van der Waals surface area contributed by atoms with Crippen LogP contribution in [0, 0.1) is 6.92 Å². The van der Waals surface area contributed by atoms with Crippen molar-refractivity contribution in [1.82, 2.24) is 4.98 Å². The Bertz CT molecular complexity index is 349. The molecule has 6 heteroatoms. The molecule has 1 unspecified atom stereocenters. The summed E-state index contributed by atoms with van der Waals surface area (Å²) in [5.41, 5.74) is 5.19. The summed E-state index contributed by atoms with van der Waals surface area (Å²) in [6.07, 6.45) is 1.93. The van der Waals surface area contributed by atoms with E-state index in [0.717, 1.165) is 5.69 Å². The molecule has 0 radical (unpaired) electrons. The van der Waals surface area contributed by atoms with Crippen LogP contribution in [0.5, 0.6) is 0 Å². The predicted octanol–water partition coefficient (Wildman–Crippen LogP) is 1.27. The van der Waals surface area contributed by atoms with E-state index < -0.39 is 11.5 Å². The summed E-state index contributed by atoms with van der Waals surface area (Å²) in [7, 11) is 0. The van der Waals surface area contributed by atoms with Gasteiger partial charge < -0.3 is 15.3 Å². The summed E-state index contributed by atoms with van der Waals surface area (Å²) in [6, 6.07) is 0. The standard InChI is InChI=1S/C9H14N2O3S/c1-6-5-14-8(11-6)15-4-3-9(2,10)7(12)13/h5H,3-4,10H2,1-2H3,(H,12,13). The number of rotatable bonds is 5. The van der Waals surface area contributed by atoms with Crippen LogP contribution in [0.1, 0.15) is 19.0 Å². The summed E-state index contributed by atoms with van der Waals surface area (Å²) in [5, 5.41) is 9.32. The lowest BCUT2D eigenvalue weighted by molar-refractivity contribution is -0.142. The number of thioether (sulfide) groups is 1. The van der Waals surface area contributed by atoms with Gasteiger partial charge >= 0.3 is 5.97 Å². The van der Waals surface area contributed by atoms with Gasteiger partial charge in [-0.25, -0.2) is 4.98 Å². The zero-order valence-electron chi connectivity index (χ0n) is 8.69. The van der Waals surface area contributed by atoms with Gasteiger partial charge in [-0.3, -0.25) is 4.79 Å². The van der Waals surface area contributed by atoms with Gasteiger partial charge in [-0.15, -0.1) is 0 Å². The Kier molecular flexibility index (Phi) is 3.76. The molecular weight excluding hydrogens is 216 g/mol. The number of oxazole rings is 1. The van der Waals surface area contributed by atoms with Gasteiger partial charge in [0.2, 0.25) is 0 Å². The first-order valence-corrected chi connectivity index (χ1v) is 5.47. The molecule has 0 spiro atoms. The van der Waals surface area contributed by atoms with E-state index in [2.05, 4.69) is 4.98 Å². The van der Waals surface area contributed by atoms with Crippen LogP contribution in [0.15, 0.2) is 15.9 Å². The van der Waals surface area contributed by atoms with Gasteiger partial charge in [0.05, 0.1) is 5.69 Å². The third-order valence-electron chi connectivity index (χ3n) is 1.93. The first kappa shape index (κ1) is 12.1. The van der Waals surface area contributed by atoms with Crippen molar-refractivity contribution in [3.63, 3.8) is 0 Å². The molecule has 1 aromatic rings. The van der Waals surface area contributed by atoms with E-state index in [-0.39, 0.29) is 0 Å². The average Bonchev–Trinajstić information content (AvgIpc) is 2.51. The van der Waals surface area contributed by atoms with Crippen LogP contribution in [0.4, 0.5) is 0 Å². The summed E-state index contributed by atoms with van der Waals surface area (Å²) < 4.78 is 5.10. The highest BCUT2D eigenvalue weighted by atomic mass is 32.2. The van der Waals surface area contributed by atoms with Gasteiger partial charge in [0.15, 0.2) is 0 Å². The number of hydrogen-bond acceptors (Lipinski definition) is 5. The minimum atomic E-state index is -1.19. The van der Waals surface area contributed by atoms with Crippen molar-refractivity contribution in [3.05, 3.63) is 12.0 Å². The summed E-state index contributed by atoms with van der Waals surface area (Å²) in [5.74, 6) is -0.425. The lowest BCUT2D eigenvalue weighted by atomic mass is 10.0. The lowest BCUT2D eigenvalue weighted by Crippen LogP contribution is -2.45. The Morgan fingerprint density at radius 2 is 2.47 bits per heavy atom. The fourth-order valence-electron chi connectivity index (χ4n) is 0.856. The number of carboxylic acid groups (broad SMARTS) is 1. The number of aromatic nitrogens is 1. The minimum absolute atomic E-state index is 0.369. The van der Waals surface area contributed by atoms with Crippen molar-refractivity contribution in [2.24, 2.45) is 5.73 Å². The van der Waals surface area contributed by atoms with Crippen LogP contribution < -0.4 is 5.73 Å². The average molecular weight is 230 g/mol. The topological polar surface area (TPSA) is 89.3 Å². The minimum Gasteiger partial charge on any atom is -0.480 e. The number of hydrogen-bond donors (Lipinski definition) is 2. The molecule has 0 saturated heterocycles. The number of nitrogens with zero attached hydrogens (tertiary/aromatic N) is 1. The first-order chi connectivity index (χ1) is 6.92. The number of carbonyl (C=O) groups is 1. The monoisotopic (exact) mass is 230 g/mol. The SMILES string of the molecule is Cc1coc(SCCC(C)(N)C(=O)O)n1. The molecule has 1 aromatic heterocycles. The van der Waals surface area contributed by atoms with Crippen LogP contribution in [-0.4, -0.2) is 27.4 Å².